The molecule has 1 atom stereocenters. The van der Waals surface area contributed by atoms with Crippen LogP contribution in [0.4, 0.5) is 17.6 Å². The van der Waals surface area contributed by atoms with E-state index in [1.54, 1.807) is 13.8 Å². The van der Waals surface area contributed by atoms with Crippen molar-refractivity contribution in [1.82, 2.24) is 9.78 Å². The summed E-state index contributed by atoms with van der Waals surface area (Å²) in [5.74, 6) is -3.74. The molecular formula is C33H43F4N4O6+. The second-order valence-electron chi connectivity index (χ2n) is 14.6. The zero-order valence-electron chi connectivity index (χ0n) is 27.6. The highest BCUT2D eigenvalue weighted by atomic mass is 19.4. The average molecular weight is 668 g/mol. The molecule has 0 saturated heterocycles. The van der Waals surface area contributed by atoms with Crippen LogP contribution in [0.5, 0.6) is 0 Å². The van der Waals surface area contributed by atoms with Gasteiger partial charge in [0.1, 0.15) is 18.5 Å². The minimum Gasteiger partial charge on any atom is -0.462 e. The van der Waals surface area contributed by atoms with Gasteiger partial charge < -0.3 is 19.7 Å². The van der Waals surface area contributed by atoms with E-state index in [0.29, 0.717) is 36.7 Å². The van der Waals surface area contributed by atoms with Crippen LogP contribution in [0.1, 0.15) is 97.0 Å². The standard InChI is InChI=1S/C33H42F4N4O6/c1-18(42)46-23(17-41(4,5)6)14-27(44)47-22-9-7-19(8-10-22)11-20-12-21(13-24(34)28(20)31(38)45)40-25-15-32(2,3)16-26(43)29(25)30(39-40)33(35,36)37/h12-13,19,22-23H,7-11,14-17H2,1-6H3,(H-,38,45)/p+1. The lowest BCUT2D eigenvalue weighted by atomic mass is 9.75. The summed E-state index contributed by atoms with van der Waals surface area (Å²) < 4.78 is 69.9. The predicted octanol–water partition coefficient (Wildman–Crippen LogP) is 4.96. The van der Waals surface area contributed by atoms with Crippen molar-refractivity contribution < 1.29 is 50.7 Å². The third-order valence-electron chi connectivity index (χ3n) is 8.54. The van der Waals surface area contributed by atoms with Crippen molar-refractivity contribution in [3.63, 3.8) is 0 Å². The first-order valence-corrected chi connectivity index (χ1v) is 15.7. The van der Waals surface area contributed by atoms with E-state index in [2.05, 4.69) is 5.10 Å². The number of ketones is 1. The van der Waals surface area contributed by atoms with Crippen molar-refractivity contribution in [1.29, 1.82) is 0 Å². The SMILES string of the molecule is CC(=O)OC(CC(=O)OC1CCC(Cc2cc(-n3nc(C(F)(F)F)c4c3CC(C)(C)CC4=O)cc(F)c2C(N)=O)CC1)C[N+](C)(C)C. The number of alkyl halides is 3. The highest BCUT2D eigenvalue weighted by Crippen LogP contribution is 2.42. The fraction of sp³-hybridized carbons (Fsp3) is 0.606. The molecule has 0 bridgehead atoms. The number of rotatable bonds is 10. The summed E-state index contributed by atoms with van der Waals surface area (Å²) in [4.78, 5) is 49.4. The van der Waals surface area contributed by atoms with Gasteiger partial charge in [-0.15, -0.1) is 0 Å². The molecule has 1 amide bonds. The summed E-state index contributed by atoms with van der Waals surface area (Å²) in [6, 6.07) is 2.33. The molecule has 1 aromatic carbocycles. The van der Waals surface area contributed by atoms with E-state index in [-0.39, 0.29) is 60.2 Å². The van der Waals surface area contributed by atoms with Gasteiger partial charge in [-0.1, -0.05) is 13.8 Å². The molecule has 1 fully saturated rings. The number of carbonyl (C=O) groups is 4. The van der Waals surface area contributed by atoms with E-state index < -0.39 is 58.4 Å². The number of Topliss-reactive ketones (excluding diaryl/α,β-unsaturated/α-hetero) is 1. The molecule has 1 aromatic heterocycles. The highest BCUT2D eigenvalue weighted by molar-refractivity contribution is 6.00. The number of primary amides is 1. The van der Waals surface area contributed by atoms with E-state index in [1.807, 2.05) is 21.1 Å². The molecule has 1 saturated carbocycles. The molecule has 1 unspecified atom stereocenters. The molecule has 2 N–H and O–H groups in total. The Labute approximate surface area is 271 Å². The largest absolute Gasteiger partial charge is 0.462 e. The van der Waals surface area contributed by atoms with Crippen molar-refractivity contribution >= 4 is 23.6 Å². The lowest BCUT2D eigenvalue weighted by molar-refractivity contribution is -0.873. The molecule has 14 heteroatoms. The number of esters is 2. The molecule has 10 nitrogen and oxygen atoms in total. The smallest absolute Gasteiger partial charge is 0.435 e. The van der Waals surface area contributed by atoms with Crippen LogP contribution < -0.4 is 5.73 Å². The quantitative estimate of drug-likeness (QED) is 0.216. The van der Waals surface area contributed by atoms with Crippen LogP contribution in [0, 0.1) is 17.2 Å². The number of halogens is 4. The zero-order valence-corrected chi connectivity index (χ0v) is 27.6. The minimum absolute atomic E-state index is 0.0375. The van der Waals surface area contributed by atoms with Gasteiger partial charge in [-0.25, -0.2) is 9.07 Å². The van der Waals surface area contributed by atoms with Crippen LogP contribution in [-0.2, 0) is 38.1 Å². The Balaban J connectivity index is 1.53. The van der Waals surface area contributed by atoms with Gasteiger partial charge in [0.25, 0.3) is 5.91 Å². The third kappa shape index (κ3) is 8.96. The first-order valence-electron chi connectivity index (χ1n) is 15.7. The topological polar surface area (TPSA) is 131 Å². The van der Waals surface area contributed by atoms with Gasteiger partial charge in [0.05, 0.1) is 50.1 Å². The number of aromatic nitrogens is 2. The molecule has 0 spiro atoms. The lowest BCUT2D eigenvalue weighted by Crippen LogP contribution is -2.44. The van der Waals surface area contributed by atoms with Crippen LogP contribution >= 0.6 is 0 Å². The maximum absolute atomic E-state index is 15.5. The normalized spacial score (nSPS) is 20.3. The second-order valence-corrected chi connectivity index (χ2v) is 14.6. The lowest BCUT2D eigenvalue weighted by Gasteiger charge is -2.31. The van der Waals surface area contributed by atoms with Crippen LogP contribution in [0.3, 0.4) is 0 Å². The van der Waals surface area contributed by atoms with E-state index in [0.717, 1.165) is 10.7 Å². The fourth-order valence-electron chi connectivity index (χ4n) is 6.74. The van der Waals surface area contributed by atoms with Crippen molar-refractivity contribution in [2.75, 3.05) is 27.7 Å². The predicted molar refractivity (Wildman–Crippen MR) is 162 cm³/mol. The van der Waals surface area contributed by atoms with Gasteiger partial charge in [0.2, 0.25) is 0 Å². The first-order chi connectivity index (χ1) is 21.6. The van der Waals surface area contributed by atoms with Crippen LogP contribution in [0.15, 0.2) is 12.1 Å². The monoisotopic (exact) mass is 667 g/mol. The summed E-state index contributed by atoms with van der Waals surface area (Å²) in [5.41, 5.74) is 2.92. The number of hydrogen-bond donors (Lipinski definition) is 1. The van der Waals surface area contributed by atoms with Crippen LogP contribution in [0.2, 0.25) is 0 Å². The number of nitrogens with zero attached hydrogens (tertiary/aromatic N) is 3. The van der Waals surface area contributed by atoms with Gasteiger partial charge in [0.15, 0.2) is 17.6 Å². The zero-order chi connectivity index (χ0) is 35.1. The number of quaternary nitrogens is 1. The molecule has 0 radical (unpaired) electrons. The Morgan fingerprint density at radius 3 is 2.30 bits per heavy atom. The van der Waals surface area contributed by atoms with E-state index in [9.17, 15) is 32.3 Å². The van der Waals surface area contributed by atoms with Gasteiger partial charge in [-0.05, 0) is 61.5 Å². The van der Waals surface area contributed by atoms with E-state index in [1.165, 1.54) is 13.0 Å². The first kappa shape index (κ1) is 36.0. The van der Waals surface area contributed by atoms with Gasteiger partial charge in [-0.2, -0.15) is 18.3 Å². The fourth-order valence-corrected chi connectivity index (χ4v) is 6.74. The summed E-state index contributed by atoms with van der Waals surface area (Å²) >= 11 is 0. The molecule has 1 heterocycles. The molecule has 258 valence electrons. The number of fused-ring (bicyclic) bond motifs is 1. The van der Waals surface area contributed by atoms with Gasteiger partial charge >= 0.3 is 18.1 Å². The Hall–Kier alpha value is -3.81. The van der Waals surface area contributed by atoms with E-state index >= 15 is 4.39 Å². The summed E-state index contributed by atoms with van der Waals surface area (Å²) in [6.45, 7) is 5.23. The Bertz CT molecular complexity index is 1550. The number of likely N-dealkylation sites (N-methyl/N-ethyl adjacent to an activating group) is 1. The number of hydrogen-bond acceptors (Lipinski definition) is 7. The van der Waals surface area contributed by atoms with Crippen molar-refractivity contribution in [3.8, 4) is 5.69 Å². The summed E-state index contributed by atoms with van der Waals surface area (Å²) in [5, 5.41) is 3.76. The Morgan fingerprint density at radius 2 is 1.74 bits per heavy atom. The summed E-state index contributed by atoms with van der Waals surface area (Å²) in [6.07, 6.45) is -3.68. The molecular weight excluding hydrogens is 624 g/mol. The molecule has 2 aromatic rings. The number of carbonyl (C=O) groups excluding carboxylic acids is 4. The number of amides is 1. The number of nitrogens with two attached hydrogens (primary N) is 1. The van der Waals surface area contributed by atoms with Crippen molar-refractivity contribution in [2.45, 2.75) is 90.5 Å². The molecule has 2 aliphatic carbocycles. The molecule has 47 heavy (non-hydrogen) atoms. The Morgan fingerprint density at radius 1 is 1.11 bits per heavy atom. The average Bonchev–Trinajstić information content (AvgIpc) is 3.27. The number of benzene rings is 1. The van der Waals surface area contributed by atoms with Crippen molar-refractivity contribution in [3.05, 3.63) is 46.0 Å². The number of ether oxygens (including phenoxy) is 2. The minimum atomic E-state index is -4.91. The van der Waals surface area contributed by atoms with Crippen LogP contribution in [0.25, 0.3) is 5.69 Å². The van der Waals surface area contributed by atoms with Gasteiger partial charge in [-0.3, -0.25) is 19.2 Å². The molecule has 2 aliphatic rings. The van der Waals surface area contributed by atoms with Crippen molar-refractivity contribution in [2.24, 2.45) is 17.1 Å². The maximum atomic E-state index is 15.5. The van der Waals surface area contributed by atoms with Gasteiger partial charge in [0, 0.05) is 19.4 Å². The highest BCUT2D eigenvalue weighted by Gasteiger charge is 2.45. The molecule has 0 aliphatic heterocycles. The Kier molecular flexibility index (Phi) is 10.2. The van der Waals surface area contributed by atoms with E-state index in [4.69, 9.17) is 15.2 Å². The molecule has 4 rings (SSSR count). The summed E-state index contributed by atoms with van der Waals surface area (Å²) in [7, 11) is 5.75. The van der Waals surface area contributed by atoms with Crippen LogP contribution in [-0.4, -0.2) is 77.8 Å². The third-order valence-corrected chi connectivity index (χ3v) is 8.54. The second kappa shape index (κ2) is 13.4. The maximum Gasteiger partial charge on any atom is 0.435 e.